The van der Waals surface area contributed by atoms with Crippen molar-refractivity contribution in [3.63, 3.8) is 0 Å². The molecule has 1 N–H and O–H groups in total. The van der Waals surface area contributed by atoms with Gasteiger partial charge in [-0.25, -0.2) is 0 Å². The Morgan fingerprint density at radius 3 is 2.52 bits per heavy atom. The van der Waals surface area contributed by atoms with E-state index in [0.717, 1.165) is 5.56 Å². The smallest absolute Gasteiger partial charge is 0.282 e. The second kappa shape index (κ2) is 6.74. The van der Waals surface area contributed by atoms with Gasteiger partial charge in [0.05, 0.1) is 13.2 Å². The average Bonchev–Trinajstić information content (AvgIpc) is 2.54. The first kappa shape index (κ1) is 16.2. The highest BCUT2D eigenvalue weighted by Gasteiger charge is 2.32. The van der Waals surface area contributed by atoms with Crippen molar-refractivity contribution in [2.75, 3.05) is 40.3 Å². The molecule has 0 aliphatic carbocycles. The molecule has 0 amide bonds. The molecule has 1 aromatic carbocycles. The van der Waals surface area contributed by atoms with Gasteiger partial charge in [0.15, 0.2) is 0 Å². The molecule has 1 unspecified atom stereocenters. The van der Waals surface area contributed by atoms with Gasteiger partial charge in [0.1, 0.15) is 5.75 Å². The molecule has 0 spiro atoms. The van der Waals surface area contributed by atoms with Gasteiger partial charge in [0, 0.05) is 38.8 Å². The standard InChI is InChI=1S/C14H23N3O3S/c1-12(13-6-4-5-7-14(13)20-3)16(2)21(18,19)17-10-8-15-9-11-17/h4-7,12,15H,8-11H2,1-3H3. The topological polar surface area (TPSA) is 61.9 Å². The van der Waals surface area contributed by atoms with Crippen LogP contribution in [0.5, 0.6) is 5.75 Å². The van der Waals surface area contributed by atoms with Crippen LogP contribution in [0.25, 0.3) is 0 Å². The molecule has 0 saturated carbocycles. The van der Waals surface area contributed by atoms with Gasteiger partial charge in [-0.3, -0.25) is 0 Å². The van der Waals surface area contributed by atoms with Crippen molar-refractivity contribution < 1.29 is 13.2 Å². The Morgan fingerprint density at radius 2 is 1.90 bits per heavy atom. The highest BCUT2D eigenvalue weighted by atomic mass is 32.2. The van der Waals surface area contributed by atoms with Crippen molar-refractivity contribution in [3.8, 4) is 5.75 Å². The summed E-state index contributed by atoms with van der Waals surface area (Å²) in [6, 6.07) is 7.21. The van der Waals surface area contributed by atoms with Crippen LogP contribution in [-0.2, 0) is 10.2 Å². The molecule has 0 aromatic heterocycles. The van der Waals surface area contributed by atoms with E-state index in [1.54, 1.807) is 14.2 Å². The zero-order chi connectivity index (χ0) is 15.5. The van der Waals surface area contributed by atoms with E-state index in [2.05, 4.69) is 5.32 Å². The van der Waals surface area contributed by atoms with Crippen LogP contribution in [0.2, 0.25) is 0 Å². The maximum Gasteiger partial charge on any atom is 0.282 e. The van der Waals surface area contributed by atoms with Crippen molar-refractivity contribution >= 4 is 10.2 Å². The van der Waals surface area contributed by atoms with E-state index in [4.69, 9.17) is 4.74 Å². The van der Waals surface area contributed by atoms with E-state index in [1.807, 2.05) is 31.2 Å². The molecule has 7 heteroatoms. The maximum atomic E-state index is 12.7. The molecule has 1 saturated heterocycles. The second-order valence-electron chi connectivity index (χ2n) is 5.09. The van der Waals surface area contributed by atoms with Crippen molar-refractivity contribution in [2.45, 2.75) is 13.0 Å². The summed E-state index contributed by atoms with van der Waals surface area (Å²) < 4.78 is 33.6. The number of benzene rings is 1. The summed E-state index contributed by atoms with van der Waals surface area (Å²) in [7, 11) is -0.250. The number of methoxy groups -OCH3 is 1. The van der Waals surface area contributed by atoms with Crippen LogP contribution in [-0.4, -0.2) is 57.4 Å². The summed E-state index contributed by atoms with van der Waals surface area (Å²) in [5, 5.41) is 3.16. The van der Waals surface area contributed by atoms with Gasteiger partial charge in [0.25, 0.3) is 10.2 Å². The number of hydrogen-bond acceptors (Lipinski definition) is 4. The fraction of sp³-hybridized carbons (Fsp3) is 0.571. The van der Waals surface area contributed by atoms with Crippen molar-refractivity contribution in [2.24, 2.45) is 0 Å². The lowest BCUT2D eigenvalue weighted by Crippen LogP contribution is -2.51. The molecule has 0 bridgehead atoms. The third kappa shape index (κ3) is 3.37. The predicted molar refractivity (Wildman–Crippen MR) is 82.5 cm³/mol. The molecule has 1 fully saturated rings. The first-order valence-corrected chi connectivity index (χ1v) is 8.45. The molecule has 118 valence electrons. The molecular formula is C14H23N3O3S. The van der Waals surface area contributed by atoms with E-state index in [9.17, 15) is 8.42 Å². The fourth-order valence-corrected chi connectivity index (χ4v) is 3.99. The zero-order valence-corrected chi connectivity index (χ0v) is 13.6. The first-order valence-electron chi connectivity index (χ1n) is 7.05. The minimum atomic E-state index is -3.46. The van der Waals surface area contributed by atoms with Crippen molar-refractivity contribution in [1.82, 2.24) is 13.9 Å². The number of piperazine rings is 1. The van der Waals surface area contributed by atoms with Gasteiger partial charge in [0.2, 0.25) is 0 Å². The van der Waals surface area contributed by atoms with E-state index >= 15 is 0 Å². The first-order chi connectivity index (χ1) is 9.98. The number of nitrogens with one attached hydrogen (secondary N) is 1. The Balaban J connectivity index is 2.23. The summed E-state index contributed by atoms with van der Waals surface area (Å²) in [6.07, 6.45) is 0. The third-order valence-electron chi connectivity index (χ3n) is 3.90. The molecular weight excluding hydrogens is 290 g/mol. The van der Waals surface area contributed by atoms with Gasteiger partial charge in [-0.2, -0.15) is 17.0 Å². The normalized spacial score (nSPS) is 18.7. The molecule has 1 aromatic rings. The Morgan fingerprint density at radius 1 is 1.29 bits per heavy atom. The molecule has 6 nitrogen and oxygen atoms in total. The van der Waals surface area contributed by atoms with Crippen molar-refractivity contribution in [1.29, 1.82) is 0 Å². The van der Waals surface area contributed by atoms with Gasteiger partial charge in [-0.05, 0) is 13.0 Å². The van der Waals surface area contributed by atoms with Crippen molar-refractivity contribution in [3.05, 3.63) is 29.8 Å². The number of para-hydroxylation sites is 1. The third-order valence-corrected chi connectivity index (χ3v) is 5.96. The van der Waals surface area contributed by atoms with E-state index in [1.165, 1.54) is 8.61 Å². The van der Waals surface area contributed by atoms with Crippen LogP contribution in [0.15, 0.2) is 24.3 Å². The Kier molecular flexibility index (Phi) is 5.21. The van der Waals surface area contributed by atoms with Crippen LogP contribution in [0.3, 0.4) is 0 Å². The maximum absolute atomic E-state index is 12.7. The van der Waals surface area contributed by atoms with Crippen LogP contribution in [0, 0.1) is 0 Å². The summed E-state index contributed by atoms with van der Waals surface area (Å²) in [4.78, 5) is 0. The number of ether oxygens (including phenoxy) is 1. The highest BCUT2D eigenvalue weighted by Crippen LogP contribution is 2.30. The summed E-state index contributed by atoms with van der Waals surface area (Å²) in [5.74, 6) is 0.701. The summed E-state index contributed by atoms with van der Waals surface area (Å²) in [6.45, 7) is 4.26. The number of nitrogens with zero attached hydrogens (tertiary/aromatic N) is 2. The van der Waals surface area contributed by atoms with Gasteiger partial charge in [-0.1, -0.05) is 18.2 Å². The van der Waals surface area contributed by atoms with Gasteiger partial charge in [-0.15, -0.1) is 0 Å². The lowest BCUT2D eigenvalue weighted by molar-refractivity contribution is 0.302. The molecule has 2 rings (SSSR count). The average molecular weight is 313 g/mol. The monoisotopic (exact) mass is 313 g/mol. The van der Waals surface area contributed by atoms with E-state index in [0.29, 0.717) is 31.9 Å². The molecule has 1 aliphatic heterocycles. The zero-order valence-electron chi connectivity index (χ0n) is 12.7. The quantitative estimate of drug-likeness (QED) is 0.875. The highest BCUT2D eigenvalue weighted by molar-refractivity contribution is 7.86. The number of hydrogen-bond donors (Lipinski definition) is 1. The lowest BCUT2D eigenvalue weighted by atomic mass is 10.1. The molecule has 1 heterocycles. The Bertz CT molecular complexity index is 571. The minimum absolute atomic E-state index is 0.291. The summed E-state index contributed by atoms with van der Waals surface area (Å²) >= 11 is 0. The predicted octanol–water partition coefficient (Wildman–Crippen LogP) is 0.838. The largest absolute Gasteiger partial charge is 0.496 e. The van der Waals surface area contributed by atoms with Crippen LogP contribution in [0.1, 0.15) is 18.5 Å². The lowest BCUT2D eigenvalue weighted by Gasteiger charge is -2.33. The van der Waals surface area contributed by atoms with Gasteiger partial charge < -0.3 is 10.1 Å². The number of rotatable bonds is 5. The molecule has 1 atom stereocenters. The van der Waals surface area contributed by atoms with E-state index < -0.39 is 10.2 Å². The SMILES string of the molecule is COc1ccccc1C(C)N(C)S(=O)(=O)N1CCNCC1. The van der Waals surface area contributed by atoms with Crippen LogP contribution in [0.4, 0.5) is 0 Å². The van der Waals surface area contributed by atoms with E-state index in [-0.39, 0.29) is 6.04 Å². The Labute approximate surface area is 126 Å². The molecule has 0 radical (unpaired) electrons. The molecule has 21 heavy (non-hydrogen) atoms. The minimum Gasteiger partial charge on any atom is -0.496 e. The second-order valence-corrected chi connectivity index (χ2v) is 7.08. The van der Waals surface area contributed by atoms with Crippen LogP contribution >= 0.6 is 0 Å². The van der Waals surface area contributed by atoms with Crippen LogP contribution < -0.4 is 10.1 Å². The van der Waals surface area contributed by atoms with Gasteiger partial charge >= 0.3 is 0 Å². The Hall–Kier alpha value is -1.15. The molecule has 1 aliphatic rings. The summed E-state index contributed by atoms with van der Waals surface area (Å²) in [5.41, 5.74) is 0.862. The fourth-order valence-electron chi connectivity index (χ4n) is 2.46.